The molecule has 0 saturated carbocycles. The fraction of sp³-hybridized carbons (Fsp3) is 0.421. The summed E-state index contributed by atoms with van der Waals surface area (Å²) in [7, 11) is 0. The first-order valence-electron chi connectivity index (χ1n) is 9.19. The zero-order valence-corrected chi connectivity index (χ0v) is 17.5. The number of ether oxygens (including phenoxy) is 1. The summed E-state index contributed by atoms with van der Waals surface area (Å²) in [4.78, 5) is 27.5. The molecule has 3 rings (SSSR count). The summed E-state index contributed by atoms with van der Waals surface area (Å²) >= 11 is 2.29. The van der Waals surface area contributed by atoms with Crippen LogP contribution < -0.4 is 19.3 Å². The Bertz CT molecular complexity index is 863. The summed E-state index contributed by atoms with van der Waals surface area (Å²) in [5.74, 6) is 1.09. The predicted octanol–water partition coefficient (Wildman–Crippen LogP) is 0.582. The third-order valence-electron chi connectivity index (χ3n) is 4.59. The van der Waals surface area contributed by atoms with Crippen LogP contribution in [0.15, 0.2) is 24.5 Å². The number of carbonyl (C=O) groups excluding carboxylic acids is 1. The van der Waals surface area contributed by atoms with E-state index in [1.165, 1.54) is 0 Å². The Labute approximate surface area is 172 Å². The number of hydrogen-bond acceptors (Lipinski definition) is 7. The number of nitrogens with zero attached hydrogens (tertiary/aromatic N) is 5. The number of nitriles is 1. The van der Waals surface area contributed by atoms with E-state index in [0.29, 0.717) is 29.0 Å². The molecule has 1 N–H and O–H groups in total. The van der Waals surface area contributed by atoms with Crippen molar-refractivity contribution in [2.24, 2.45) is 5.92 Å². The molecule has 1 aliphatic heterocycles. The van der Waals surface area contributed by atoms with E-state index in [9.17, 15) is 10.1 Å². The van der Waals surface area contributed by atoms with Crippen molar-refractivity contribution in [2.45, 2.75) is 19.8 Å². The molecule has 1 amide bonds. The van der Waals surface area contributed by atoms with Crippen molar-refractivity contribution in [2.75, 3.05) is 31.1 Å². The molecule has 0 unspecified atom stereocenters. The molecule has 0 aromatic carbocycles. The molecular weight excluding hydrogens is 419 g/mol. The topological polar surface area (TPSA) is 104 Å². The number of carbonyl (C=O) groups is 1. The number of anilines is 1. The summed E-state index contributed by atoms with van der Waals surface area (Å²) in [6.45, 7) is 4.51. The Hall–Kier alpha value is -2.65. The van der Waals surface area contributed by atoms with Crippen LogP contribution in [0.3, 0.4) is 0 Å². The third kappa shape index (κ3) is 4.79. The van der Waals surface area contributed by atoms with E-state index in [4.69, 9.17) is 4.74 Å². The summed E-state index contributed by atoms with van der Waals surface area (Å²) in [5, 5.41) is 12.2. The Morgan fingerprint density at radius 3 is 2.75 bits per heavy atom. The molecule has 0 spiro atoms. The first-order chi connectivity index (χ1) is 13.6. The van der Waals surface area contributed by atoms with Crippen molar-refractivity contribution in [3.8, 4) is 11.9 Å². The molecule has 2 aromatic rings. The SMILES string of the molecule is CCOc1nc(C(=O)NCC2CCN(c3ncccn3)CC2)cc([As])c1C#N. The maximum absolute atomic E-state index is 12.5. The summed E-state index contributed by atoms with van der Waals surface area (Å²) in [6.07, 6.45) is 5.41. The van der Waals surface area contributed by atoms with Crippen LogP contribution in [-0.2, 0) is 0 Å². The number of amides is 1. The van der Waals surface area contributed by atoms with Crippen LogP contribution >= 0.6 is 0 Å². The standard InChI is InChI=1S/C19H21AsN6O2/c1-2-28-18-14(11-21)15(20)10-16(25-18)17(27)24-12-13-4-8-26(9-5-13)19-22-6-3-7-23-19/h3,6-7,10,13H,2,4-5,8-9,12H2,1H3,(H,24,27). The van der Waals surface area contributed by atoms with Gasteiger partial charge in [0.15, 0.2) is 0 Å². The molecule has 2 aromatic heterocycles. The zero-order chi connectivity index (χ0) is 19.9. The van der Waals surface area contributed by atoms with Crippen LogP contribution in [0.1, 0.15) is 35.8 Å². The van der Waals surface area contributed by atoms with E-state index in [0.717, 1.165) is 31.9 Å². The minimum atomic E-state index is -0.258. The number of piperidine rings is 1. The molecule has 1 saturated heterocycles. The Balaban J connectivity index is 1.56. The molecule has 28 heavy (non-hydrogen) atoms. The van der Waals surface area contributed by atoms with E-state index in [-0.39, 0.29) is 17.5 Å². The molecule has 3 heterocycles. The second-order valence-electron chi connectivity index (χ2n) is 6.44. The quantitative estimate of drug-likeness (QED) is 0.656. The van der Waals surface area contributed by atoms with Gasteiger partial charge in [0.2, 0.25) is 0 Å². The summed E-state index contributed by atoms with van der Waals surface area (Å²) in [5.41, 5.74) is 0.599. The van der Waals surface area contributed by atoms with E-state index >= 15 is 0 Å². The first kappa shape index (κ1) is 20.1. The van der Waals surface area contributed by atoms with Crippen LogP contribution in [0.5, 0.6) is 5.88 Å². The second kappa shape index (κ2) is 9.52. The van der Waals surface area contributed by atoms with Gasteiger partial charge in [0.1, 0.15) is 0 Å². The van der Waals surface area contributed by atoms with Gasteiger partial charge >= 0.3 is 154 Å². The molecule has 0 atom stereocenters. The van der Waals surface area contributed by atoms with Crippen molar-refractivity contribution in [1.29, 1.82) is 5.26 Å². The minimum absolute atomic E-state index is 0.199. The Morgan fingerprint density at radius 2 is 2.11 bits per heavy atom. The van der Waals surface area contributed by atoms with Gasteiger partial charge in [-0.15, -0.1) is 0 Å². The van der Waals surface area contributed by atoms with E-state index < -0.39 is 0 Å². The van der Waals surface area contributed by atoms with Gasteiger partial charge in [0, 0.05) is 12.4 Å². The van der Waals surface area contributed by atoms with Gasteiger partial charge in [-0.25, -0.2) is 0 Å². The fourth-order valence-electron chi connectivity index (χ4n) is 3.09. The van der Waals surface area contributed by atoms with Crippen LogP contribution in [0.4, 0.5) is 5.95 Å². The molecular formula is C19H21AsN6O2. The van der Waals surface area contributed by atoms with Gasteiger partial charge in [0.25, 0.3) is 0 Å². The van der Waals surface area contributed by atoms with Crippen LogP contribution in [0, 0.1) is 17.2 Å². The maximum atomic E-state index is 12.5. The van der Waals surface area contributed by atoms with Crippen molar-refractivity contribution >= 4 is 33.1 Å². The van der Waals surface area contributed by atoms with Crippen molar-refractivity contribution in [3.05, 3.63) is 35.8 Å². The van der Waals surface area contributed by atoms with E-state index in [1.54, 1.807) is 24.5 Å². The number of nitrogens with one attached hydrogen (secondary N) is 1. The van der Waals surface area contributed by atoms with Gasteiger partial charge in [-0.2, -0.15) is 0 Å². The average Bonchev–Trinajstić information content (AvgIpc) is 2.73. The molecule has 144 valence electrons. The number of pyridine rings is 1. The van der Waals surface area contributed by atoms with Gasteiger partial charge in [-0.3, -0.25) is 0 Å². The molecule has 1 fully saturated rings. The van der Waals surface area contributed by atoms with E-state index in [2.05, 4.69) is 48.1 Å². The first-order valence-corrected chi connectivity index (χ1v) is 10.1. The third-order valence-corrected chi connectivity index (χ3v) is 5.33. The summed E-state index contributed by atoms with van der Waals surface area (Å²) < 4.78 is 6.03. The van der Waals surface area contributed by atoms with Crippen molar-refractivity contribution < 1.29 is 9.53 Å². The predicted molar refractivity (Wildman–Crippen MR) is 105 cm³/mol. The van der Waals surface area contributed by atoms with Gasteiger partial charge in [0.05, 0.1) is 0 Å². The molecule has 2 radical (unpaired) electrons. The van der Waals surface area contributed by atoms with Crippen molar-refractivity contribution in [3.63, 3.8) is 0 Å². The number of rotatable bonds is 6. The van der Waals surface area contributed by atoms with Crippen molar-refractivity contribution in [1.82, 2.24) is 20.3 Å². The number of aromatic nitrogens is 3. The van der Waals surface area contributed by atoms with Crippen LogP contribution in [0.25, 0.3) is 0 Å². The molecule has 8 nitrogen and oxygen atoms in total. The Morgan fingerprint density at radius 1 is 1.39 bits per heavy atom. The molecule has 0 aliphatic carbocycles. The monoisotopic (exact) mass is 440 g/mol. The Kier molecular flexibility index (Phi) is 6.83. The fourth-order valence-corrected chi connectivity index (χ4v) is 3.65. The molecule has 1 aliphatic rings. The summed E-state index contributed by atoms with van der Waals surface area (Å²) in [6, 6.07) is 5.48. The van der Waals surface area contributed by atoms with Crippen LogP contribution in [0.2, 0.25) is 0 Å². The van der Waals surface area contributed by atoms with Gasteiger partial charge in [-0.05, 0) is 6.07 Å². The van der Waals surface area contributed by atoms with Gasteiger partial charge < -0.3 is 0 Å². The van der Waals surface area contributed by atoms with Crippen LogP contribution in [-0.4, -0.2) is 64.0 Å². The second-order valence-corrected chi connectivity index (χ2v) is 7.45. The number of hydrogen-bond donors (Lipinski definition) is 1. The van der Waals surface area contributed by atoms with Gasteiger partial charge in [-0.1, -0.05) is 0 Å². The molecule has 9 heteroatoms. The molecule has 0 bridgehead atoms. The average molecular weight is 440 g/mol. The zero-order valence-electron chi connectivity index (χ0n) is 15.6. The normalized spacial score (nSPS) is 14.4. The van der Waals surface area contributed by atoms with E-state index in [1.807, 2.05) is 6.92 Å².